The first-order valence-electron chi connectivity index (χ1n) is 11.3. The summed E-state index contributed by atoms with van der Waals surface area (Å²) >= 11 is 1.12. The van der Waals surface area contributed by atoms with Crippen LogP contribution in [0.5, 0.6) is 17.2 Å². The van der Waals surface area contributed by atoms with E-state index >= 15 is 0 Å². The second-order valence-corrected chi connectivity index (χ2v) is 9.45. The highest BCUT2D eigenvalue weighted by Gasteiger charge is 2.12. The van der Waals surface area contributed by atoms with Crippen molar-refractivity contribution in [3.63, 3.8) is 0 Å². The van der Waals surface area contributed by atoms with Crippen LogP contribution >= 0.6 is 11.3 Å². The quantitative estimate of drug-likeness (QED) is 0.354. The summed E-state index contributed by atoms with van der Waals surface area (Å²) in [5.41, 5.74) is 1.07. The van der Waals surface area contributed by atoms with Crippen molar-refractivity contribution in [2.45, 2.75) is 26.7 Å². The Morgan fingerprint density at radius 2 is 1.80 bits per heavy atom. The van der Waals surface area contributed by atoms with Gasteiger partial charge in [0.15, 0.2) is 11.5 Å². The maximum atomic E-state index is 13.0. The molecule has 0 spiro atoms. The van der Waals surface area contributed by atoms with Crippen molar-refractivity contribution in [3.05, 3.63) is 84.5 Å². The predicted octanol–water partition coefficient (Wildman–Crippen LogP) is 3.09. The molecule has 0 amide bonds. The summed E-state index contributed by atoms with van der Waals surface area (Å²) in [7, 11) is 3.17. The smallest absolute Gasteiger partial charge is 0.296 e. The Labute approximate surface area is 206 Å². The topological polar surface area (TPSA) is 92.0 Å². The van der Waals surface area contributed by atoms with E-state index in [1.807, 2.05) is 42.5 Å². The Balaban J connectivity index is 1.64. The minimum absolute atomic E-state index is 0.207. The lowest BCUT2D eigenvalue weighted by Crippen LogP contribution is -2.28. The van der Waals surface area contributed by atoms with E-state index in [0.717, 1.165) is 34.6 Å². The highest BCUT2D eigenvalue weighted by molar-refractivity contribution is 7.15. The number of methoxy groups -OCH3 is 2. The second-order valence-electron chi connectivity index (χ2n) is 8.44. The molecule has 0 N–H and O–H groups in total. The lowest BCUT2D eigenvalue weighted by atomic mass is 10.1. The van der Waals surface area contributed by atoms with E-state index < -0.39 is 5.56 Å². The molecule has 0 fully saturated rings. The summed E-state index contributed by atoms with van der Waals surface area (Å²) in [5.74, 6) is 2.51. The molecule has 0 radical (unpaired) electrons. The van der Waals surface area contributed by atoms with Gasteiger partial charge in [-0.15, -0.1) is 0 Å². The molecule has 2 aromatic heterocycles. The zero-order valence-electron chi connectivity index (χ0n) is 20.1. The van der Waals surface area contributed by atoms with Crippen LogP contribution in [0.3, 0.4) is 0 Å². The van der Waals surface area contributed by atoms with Gasteiger partial charge >= 0.3 is 0 Å². The lowest BCUT2D eigenvalue weighted by Gasteiger charge is -2.12. The minimum atomic E-state index is -0.446. The van der Waals surface area contributed by atoms with Crippen molar-refractivity contribution in [2.24, 2.45) is 5.92 Å². The third kappa shape index (κ3) is 5.68. The number of fused-ring (bicyclic) bond motifs is 1. The van der Waals surface area contributed by atoms with Crippen LogP contribution in [-0.2, 0) is 6.42 Å². The average molecular weight is 494 g/mol. The average Bonchev–Trinajstić information content (AvgIpc) is 3.14. The summed E-state index contributed by atoms with van der Waals surface area (Å²) in [6.45, 7) is 4.88. The van der Waals surface area contributed by atoms with Crippen LogP contribution in [0.4, 0.5) is 0 Å². The zero-order valence-corrected chi connectivity index (χ0v) is 20.9. The number of hydrogen-bond donors (Lipinski definition) is 0. The molecule has 0 saturated carbocycles. The van der Waals surface area contributed by atoms with Crippen molar-refractivity contribution in [3.8, 4) is 17.2 Å². The van der Waals surface area contributed by atoms with Gasteiger partial charge in [-0.1, -0.05) is 43.4 Å². The number of aromatic nitrogens is 3. The molecule has 9 heteroatoms. The first-order chi connectivity index (χ1) is 16.9. The first-order valence-corrected chi connectivity index (χ1v) is 12.1. The van der Waals surface area contributed by atoms with E-state index in [1.165, 1.54) is 4.52 Å². The van der Waals surface area contributed by atoms with Gasteiger partial charge < -0.3 is 14.2 Å². The predicted molar refractivity (Wildman–Crippen MR) is 136 cm³/mol. The van der Waals surface area contributed by atoms with Crippen LogP contribution in [0.25, 0.3) is 11.0 Å². The maximum absolute atomic E-state index is 13.0. The summed E-state index contributed by atoms with van der Waals surface area (Å²) in [5, 5.41) is 4.31. The molecule has 0 aliphatic heterocycles. The van der Waals surface area contributed by atoms with Gasteiger partial charge in [0.25, 0.3) is 11.1 Å². The van der Waals surface area contributed by atoms with E-state index in [-0.39, 0.29) is 22.6 Å². The van der Waals surface area contributed by atoms with E-state index in [1.54, 1.807) is 20.3 Å². The standard InChI is InChI=1S/C26H27N3O5S/c1-16(2)11-12-34-21-10-7-18(14-22(21)33-4)15-23-25(31)29-26(35-23)27-24(30)20(28-29)13-17-5-8-19(32-3)9-6-17/h5-10,14-16H,11-13H2,1-4H3. The molecule has 4 aromatic rings. The number of rotatable bonds is 9. The van der Waals surface area contributed by atoms with Gasteiger partial charge in [-0.05, 0) is 53.8 Å². The Kier molecular flexibility index (Phi) is 7.45. The third-order valence-corrected chi connectivity index (χ3v) is 6.38. The lowest BCUT2D eigenvalue weighted by molar-refractivity contribution is 0.273. The van der Waals surface area contributed by atoms with Crippen molar-refractivity contribution in [2.75, 3.05) is 20.8 Å². The third-order valence-electron chi connectivity index (χ3n) is 5.42. The molecule has 0 saturated heterocycles. The highest BCUT2D eigenvalue weighted by Crippen LogP contribution is 2.28. The molecule has 2 aromatic carbocycles. The van der Waals surface area contributed by atoms with Crippen LogP contribution in [0.2, 0.25) is 0 Å². The molecule has 35 heavy (non-hydrogen) atoms. The normalized spacial score (nSPS) is 11.9. The molecule has 8 nitrogen and oxygen atoms in total. The SMILES string of the molecule is COc1ccc(Cc2nn3c(=O)c(=Cc4ccc(OCCC(C)C)c(OC)c4)sc3nc2=O)cc1. The number of nitrogens with zero attached hydrogens (tertiary/aromatic N) is 3. The van der Waals surface area contributed by atoms with Crippen LogP contribution < -0.4 is 29.9 Å². The number of ether oxygens (including phenoxy) is 3. The van der Waals surface area contributed by atoms with E-state index in [4.69, 9.17) is 14.2 Å². The van der Waals surface area contributed by atoms with Gasteiger partial charge in [-0.25, -0.2) is 0 Å². The molecule has 182 valence electrons. The molecule has 2 heterocycles. The van der Waals surface area contributed by atoms with Gasteiger partial charge in [0.2, 0.25) is 4.96 Å². The van der Waals surface area contributed by atoms with Gasteiger partial charge in [-0.2, -0.15) is 14.6 Å². The van der Waals surface area contributed by atoms with Gasteiger partial charge in [0, 0.05) is 6.42 Å². The highest BCUT2D eigenvalue weighted by atomic mass is 32.1. The fourth-order valence-electron chi connectivity index (χ4n) is 3.44. The van der Waals surface area contributed by atoms with E-state index in [0.29, 0.717) is 28.6 Å². The zero-order chi connectivity index (χ0) is 24.9. The van der Waals surface area contributed by atoms with Crippen LogP contribution in [0.15, 0.2) is 52.1 Å². The number of thiazole rings is 1. The minimum Gasteiger partial charge on any atom is -0.497 e. The maximum Gasteiger partial charge on any atom is 0.296 e. The Morgan fingerprint density at radius 1 is 1.03 bits per heavy atom. The van der Waals surface area contributed by atoms with Crippen molar-refractivity contribution in [1.29, 1.82) is 0 Å². The summed E-state index contributed by atoms with van der Waals surface area (Å²) in [6.07, 6.45) is 2.94. The molecular weight excluding hydrogens is 466 g/mol. The second kappa shape index (κ2) is 10.7. The largest absolute Gasteiger partial charge is 0.497 e. The molecule has 0 aliphatic carbocycles. The van der Waals surface area contributed by atoms with E-state index in [9.17, 15) is 9.59 Å². The molecule has 0 unspecified atom stereocenters. The van der Waals surface area contributed by atoms with Gasteiger partial charge in [0.1, 0.15) is 11.4 Å². The summed E-state index contributed by atoms with van der Waals surface area (Å²) in [4.78, 5) is 29.9. The van der Waals surface area contributed by atoms with E-state index in [2.05, 4.69) is 23.9 Å². The monoisotopic (exact) mass is 493 g/mol. The summed E-state index contributed by atoms with van der Waals surface area (Å²) in [6, 6.07) is 12.8. The Bertz CT molecular complexity index is 1490. The fraction of sp³-hybridized carbons (Fsp3) is 0.308. The molecular formula is C26H27N3O5S. The van der Waals surface area contributed by atoms with Crippen molar-refractivity contribution in [1.82, 2.24) is 14.6 Å². The molecule has 0 aliphatic rings. The van der Waals surface area contributed by atoms with Crippen molar-refractivity contribution >= 4 is 22.4 Å². The summed E-state index contributed by atoms with van der Waals surface area (Å²) < 4.78 is 18.1. The number of hydrogen-bond acceptors (Lipinski definition) is 8. The van der Waals surface area contributed by atoms with Crippen LogP contribution in [0, 0.1) is 5.92 Å². The van der Waals surface area contributed by atoms with Gasteiger partial charge in [-0.3, -0.25) is 9.59 Å². The van der Waals surface area contributed by atoms with Crippen LogP contribution in [0.1, 0.15) is 37.1 Å². The molecule has 4 rings (SSSR count). The van der Waals surface area contributed by atoms with Crippen molar-refractivity contribution < 1.29 is 14.2 Å². The van der Waals surface area contributed by atoms with Crippen LogP contribution in [-0.4, -0.2) is 35.4 Å². The molecule has 0 bridgehead atoms. The molecule has 0 atom stereocenters. The Hall–Kier alpha value is -3.72. The first kappa shape index (κ1) is 24.4. The van der Waals surface area contributed by atoms with Gasteiger partial charge in [0.05, 0.1) is 25.4 Å². The Morgan fingerprint density at radius 3 is 2.49 bits per heavy atom. The fourth-order valence-corrected chi connectivity index (χ4v) is 4.34. The number of benzene rings is 2.